The molecule has 0 amide bonds. The van der Waals surface area contributed by atoms with Gasteiger partial charge in [-0.15, -0.1) is 0 Å². The molecule has 20 heavy (non-hydrogen) atoms. The van der Waals surface area contributed by atoms with Crippen molar-refractivity contribution < 1.29 is 19.4 Å². The van der Waals surface area contributed by atoms with E-state index in [4.69, 9.17) is 14.6 Å². The van der Waals surface area contributed by atoms with Gasteiger partial charge in [-0.2, -0.15) is 5.10 Å². The highest BCUT2D eigenvalue weighted by Crippen LogP contribution is 2.42. The molecule has 106 valence electrons. The number of hydrogen-bond donors (Lipinski definition) is 2. The van der Waals surface area contributed by atoms with Crippen molar-refractivity contribution in [3.05, 3.63) is 27.9 Å². The fourth-order valence-electron chi connectivity index (χ4n) is 1.87. The van der Waals surface area contributed by atoms with E-state index < -0.39 is 5.97 Å². The molecule has 1 aromatic heterocycles. The zero-order valence-electron chi connectivity index (χ0n) is 11.2. The summed E-state index contributed by atoms with van der Waals surface area (Å²) in [5.41, 5.74) is 2.02. The second-order valence-electron chi connectivity index (χ2n) is 4.07. The standard InChI is InChI=1S/C13H13BrN2O4/c1-6-10(19-2)4-7(12(20-3)11(6)14)8-5-9(13(17)18)16-15-8/h4-5H,1-3H3,(H,15,16)(H,17,18). The highest BCUT2D eigenvalue weighted by molar-refractivity contribution is 9.10. The van der Waals surface area contributed by atoms with E-state index in [0.29, 0.717) is 22.8 Å². The molecule has 0 saturated heterocycles. The summed E-state index contributed by atoms with van der Waals surface area (Å²) in [4.78, 5) is 10.9. The second-order valence-corrected chi connectivity index (χ2v) is 4.86. The number of halogens is 1. The van der Waals surface area contributed by atoms with Gasteiger partial charge in [-0.3, -0.25) is 5.10 Å². The molecular weight excluding hydrogens is 328 g/mol. The Morgan fingerprint density at radius 2 is 2.05 bits per heavy atom. The Bertz CT molecular complexity index is 667. The fourth-order valence-corrected chi connectivity index (χ4v) is 2.44. The number of H-pyrrole nitrogens is 1. The van der Waals surface area contributed by atoms with Crippen LogP contribution in [0.15, 0.2) is 16.6 Å². The molecule has 0 saturated carbocycles. The average molecular weight is 341 g/mol. The first-order chi connectivity index (χ1) is 9.49. The van der Waals surface area contributed by atoms with Gasteiger partial charge >= 0.3 is 5.97 Å². The van der Waals surface area contributed by atoms with E-state index in [1.54, 1.807) is 20.3 Å². The summed E-state index contributed by atoms with van der Waals surface area (Å²) in [7, 11) is 3.11. The predicted molar refractivity (Wildman–Crippen MR) is 76.5 cm³/mol. The van der Waals surface area contributed by atoms with Crippen molar-refractivity contribution in [3.63, 3.8) is 0 Å². The Morgan fingerprint density at radius 1 is 1.35 bits per heavy atom. The lowest BCUT2D eigenvalue weighted by molar-refractivity contribution is 0.0690. The summed E-state index contributed by atoms with van der Waals surface area (Å²) in [6, 6.07) is 3.21. The molecule has 0 unspecified atom stereocenters. The van der Waals surface area contributed by atoms with E-state index in [-0.39, 0.29) is 5.69 Å². The first kappa shape index (κ1) is 14.4. The van der Waals surface area contributed by atoms with Gasteiger partial charge in [0.15, 0.2) is 0 Å². The van der Waals surface area contributed by atoms with Crippen LogP contribution in [0.1, 0.15) is 16.1 Å². The maximum atomic E-state index is 10.9. The summed E-state index contributed by atoms with van der Waals surface area (Å²) in [6.45, 7) is 1.89. The highest BCUT2D eigenvalue weighted by atomic mass is 79.9. The van der Waals surface area contributed by atoms with Crippen LogP contribution >= 0.6 is 15.9 Å². The minimum Gasteiger partial charge on any atom is -0.496 e. The van der Waals surface area contributed by atoms with Crippen LogP contribution in [0, 0.1) is 6.92 Å². The van der Waals surface area contributed by atoms with Crippen molar-refractivity contribution in [1.29, 1.82) is 0 Å². The van der Waals surface area contributed by atoms with Crippen LogP contribution in [0.3, 0.4) is 0 Å². The molecule has 2 aromatic rings. The quantitative estimate of drug-likeness (QED) is 0.893. The zero-order chi connectivity index (χ0) is 14.9. The van der Waals surface area contributed by atoms with Crippen LogP contribution in [0.4, 0.5) is 0 Å². The summed E-state index contributed by atoms with van der Waals surface area (Å²) >= 11 is 3.46. The first-order valence-electron chi connectivity index (χ1n) is 5.69. The van der Waals surface area contributed by atoms with E-state index in [1.807, 2.05) is 6.92 Å². The number of benzene rings is 1. The summed E-state index contributed by atoms with van der Waals surface area (Å²) < 4.78 is 11.4. The first-order valence-corrected chi connectivity index (χ1v) is 6.49. The minimum atomic E-state index is -1.07. The van der Waals surface area contributed by atoms with Crippen LogP contribution in [0.2, 0.25) is 0 Å². The predicted octanol–water partition coefficient (Wildman–Crippen LogP) is 2.86. The van der Waals surface area contributed by atoms with Crippen LogP contribution in [0.25, 0.3) is 11.3 Å². The number of nitrogens with one attached hydrogen (secondary N) is 1. The Morgan fingerprint density at radius 3 is 2.55 bits per heavy atom. The largest absolute Gasteiger partial charge is 0.496 e. The SMILES string of the molecule is COc1cc(-c2cc(C(=O)O)[nH]n2)c(OC)c(Br)c1C. The Balaban J connectivity index is 2.65. The van der Waals surface area contributed by atoms with Crippen molar-refractivity contribution in [1.82, 2.24) is 10.2 Å². The molecule has 0 aliphatic heterocycles. The third-order valence-electron chi connectivity index (χ3n) is 2.93. The summed E-state index contributed by atoms with van der Waals surface area (Å²) in [6.07, 6.45) is 0. The molecule has 1 heterocycles. The van der Waals surface area contributed by atoms with E-state index in [0.717, 1.165) is 10.0 Å². The highest BCUT2D eigenvalue weighted by Gasteiger charge is 2.19. The number of carbonyl (C=O) groups is 1. The van der Waals surface area contributed by atoms with Gasteiger partial charge in [-0.05, 0) is 35.0 Å². The number of aromatic amines is 1. The number of nitrogens with zero attached hydrogens (tertiary/aromatic N) is 1. The minimum absolute atomic E-state index is 0.0118. The summed E-state index contributed by atoms with van der Waals surface area (Å²) in [5.74, 6) is 0.167. The maximum absolute atomic E-state index is 10.9. The maximum Gasteiger partial charge on any atom is 0.353 e. The number of aromatic carboxylic acids is 1. The molecule has 0 atom stereocenters. The van der Waals surface area contributed by atoms with E-state index in [2.05, 4.69) is 26.1 Å². The van der Waals surface area contributed by atoms with Crippen molar-refractivity contribution >= 4 is 21.9 Å². The van der Waals surface area contributed by atoms with Gasteiger partial charge in [0.05, 0.1) is 24.4 Å². The van der Waals surface area contributed by atoms with E-state index >= 15 is 0 Å². The molecule has 7 heteroatoms. The molecule has 0 bridgehead atoms. The monoisotopic (exact) mass is 340 g/mol. The van der Waals surface area contributed by atoms with Gasteiger partial charge in [0.2, 0.25) is 0 Å². The second kappa shape index (κ2) is 5.54. The van der Waals surface area contributed by atoms with Crippen molar-refractivity contribution in [3.8, 4) is 22.8 Å². The zero-order valence-corrected chi connectivity index (χ0v) is 12.7. The van der Waals surface area contributed by atoms with Gasteiger partial charge in [-0.25, -0.2) is 4.79 Å². The number of hydrogen-bond acceptors (Lipinski definition) is 4. The van der Waals surface area contributed by atoms with Crippen molar-refractivity contribution in [2.24, 2.45) is 0 Å². The smallest absolute Gasteiger partial charge is 0.353 e. The molecule has 6 nitrogen and oxygen atoms in total. The topological polar surface area (TPSA) is 84.4 Å². The lowest BCUT2D eigenvalue weighted by atomic mass is 10.1. The molecule has 1 aromatic carbocycles. The molecule has 2 N–H and O–H groups in total. The molecule has 0 aliphatic rings. The van der Waals surface area contributed by atoms with Gasteiger partial charge in [0, 0.05) is 11.1 Å². The van der Waals surface area contributed by atoms with Gasteiger partial charge in [0.1, 0.15) is 17.2 Å². The van der Waals surface area contributed by atoms with Crippen LogP contribution in [0.5, 0.6) is 11.5 Å². The number of methoxy groups -OCH3 is 2. The number of aromatic nitrogens is 2. The van der Waals surface area contributed by atoms with E-state index in [9.17, 15) is 4.79 Å². The van der Waals surface area contributed by atoms with Gasteiger partial charge in [0.25, 0.3) is 0 Å². The molecule has 0 aliphatic carbocycles. The third kappa shape index (κ3) is 2.36. The van der Waals surface area contributed by atoms with Crippen LogP contribution in [-0.2, 0) is 0 Å². The Kier molecular flexibility index (Phi) is 3.99. The molecular formula is C13H13BrN2O4. The van der Waals surface area contributed by atoms with E-state index in [1.165, 1.54) is 6.07 Å². The molecule has 0 spiro atoms. The van der Waals surface area contributed by atoms with Gasteiger partial charge < -0.3 is 14.6 Å². The van der Waals surface area contributed by atoms with Crippen molar-refractivity contribution in [2.75, 3.05) is 14.2 Å². The number of ether oxygens (including phenoxy) is 2. The molecule has 0 radical (unpaired) electrons. The van der Waals surface area contributed by atoms with Crippen molar-refractivity contribution in [2.45, 2.75) is 6.92 Å². The Hall–Kier alpha value is -2.02. The number of rotatable bonds is 4. The third-order valence-corrected chi connectivity index (χ3v) is 3.88. The van der Waals surface area contributed by atoms with Crippen LogP contribution in [-0.4, -0.2) is 35.5 Å². The van der Waals surface area contributed by atoms with Crippen LogP contribution < -0.4 is 9.47 Å². The average Bonchev–Trinajstić information content (AvgIpc) is 2.91. The Labute approximate surface area is 123 Å². The van der Waals surface area contributed by atoms with Gasteiger partial charge in [-0.1, -0.05) is 0 Å². The lowest BCUT2D eigenvalue weighted by Gasteiger charge is -2.14. The number of carboxylic acid groups (broad SMARTS) is 1. The fraction of sp³-hybridized carbons (Fsp3) is 0.231. The molecule has 0 fully saturated rings. The number of carboxylic acids is 1. The lowest BCUT2D eigenvalue weighted by Crippen LogP contribution is -1.96. The molecule has 2 rings (SSSR count). The normalized spacial score (nSPS) is 10.4. The summed E-state index contributed by atoms with van der Waals surface area (Å²) in [5, 5.41) is 15.4.